The van der Waals surface area contributed by atoms with Gasteiger partial charge in [0.15, 0.2) is 0 Å². The van der Waals surface area contributed by atoms with Crippen molar-refractivity contribution in [2.45, 2.75) is 32.6 Å². The second-order valence-electron chi connectivity index (χ2n) is 12.0. The van der Waals surface area contributed by atoms with Crippen molar-refractivity contribution in [3.63, 3.8) is 0 Å². The van der Waals surface area contributed by atoms with Gasteiger partial charge in [0, 0.05) is 15.1 Å². The number of allylic oxidation sites excluding steroid dienone is 2. The molecule has 0 radical (unpaired) electrons. The van der Waals surface area contributed by atoms with Crippen LogP contribution in [0.4, 0.5) is 11.4 Å². The van der Waals surface area contributed by atoms with E-state index in [-0.39, 0.29) is 35.8 Å². The Kier molecular flexibility index (Phi) is 6.20. The van der Waals surface area contributed by atoms with E-state index < -0.39 is 35.0 Å². The molecule has 7 rings (SSSR count). The maximum Gasteiger partial charge on any atom is 0.241 e. The van der Waals surface area contributed by atoms with Gasteiger partial charge in [-0.2, -0.15) is 0 Å². The fourth-order valence-corrected chi connectivity index (χ4v) is 8.30. The van der Waals surface area contributed by atoms with Crippen molar-refractivity contribution in [3.05, 3.63) is 99.1 Å². The number of halogens is 1. The van der Waals surface area contributed by atoms with Crippen molar-refractivity contribution in [2.75, 3.05) is 9.80 Å². The van der Waals surface area contributed by atoms with E-state index in [1.54, 1.807) is 49.4 Å². The molecule has 212 valence electrons. The minimum Gasteiger partial charge on any atom is -0.507 e. The van der Waals surface area contributed by atoms with Gasteiger partial charge in [-0.05, 0) is 97.2 Å². The molecule has 8 heteroatoms. The number of carbonyl (C=O) groups is 4. The summed E-state index contributed by atoms with van der Waals surface area (Å²) < 4.78 is 0.997. The van der Waals surface area contributed by atoms with Gasteiger partial charge in [-0.1, -0.05) is 48.0 Å². The summed E-state index contributed by atoms with van der Waals surface area (Å²) in [6.45, 7) is 3.64. The normalized spacial score (nSPS) is 30.3. The van der Waals surface area contributed by atoms with Crippen molar-refractivity contribution < 1.29 is 24.3 Å². The van der Waals surface area contributed by atoms with Crippen molar-refractivity contribution in [2.24, 2.45) is 29.1 Å². The van der Waals surface area contributed by atoms with Crippen LogP contribution in [-0.4, -0.2) is 28.7 Å². The topological polar surface area (TPSA) is 95.0 Å². The van der Waals surface area contributed by atoms with Crippen LogP contribution in [0.2, 0.25) is 0 Å². The van der Waals surface area contributed by atoms with Crippen LogP contribution in [0.25, 0.3) is 0 Å². The van der Waals surface area contributed by atoms with Crippen LogP contribution in [0.1, 0.15) is 36.8 Å². The largest absolute Gasteiger partial charge is 0.507 e. The van der Waals surface area contributed by atoms with Crippen LogP contribution in [0.3, 0.4) is 0 Å². The monoisotopic (exact) mass is 672 g/mol. The van der Waals surface area contributed by atoms with Gasteiger partial charge >= 0.3 is 0 Å². The molecule has 0 aromatic heterocycles. The minimum absolute atomic E-state index is 0.0823. The molecule has 42 heavy (non-hydrogen) atoms. The number of carbonyl (C=O) groups excluding carboxylic acids is 4. The molecule has 1 saturated carbocycles. The van der Waals surface area contributed by atoms with Crippen molar-refractivity contribution in [1.29, 1.82) is 0 Å². The number of nitrogens with zero attached hydrogens (tertiary/aromatic N) is 2. The van der Waals surface area contributed by atoms with Crippen molar-refractivity contribution >= 4 is 57.6 Å². The van der Waals surface area contributed by atoms with Crippen LogP contribution in [-0.2, 0) is 19.2 Å². The number of aryl methyl sites for hydroxylation is 1. The Morgan fingerprint density at radius 2 is 1.50 bits per heavy atom. The van der Waals surface area contributed by atoms with E-state index in [1.165, 1.54) is 9.80 Å². The zero-order valence-corrected chi connectivity index (χ0v) is 25.3. The summed E-state index contributed by atoms with van der Waals surface area (Å²) in [6.07, 6.45) is 2.64. The maximum absolute atomic E-state index is 14.4. The third kappa shape index (κ3) is 3.63. The van der Waals surface area contributed by atoms with E-state index >= 15 is 0 Å². The molecule has 4 amide bonds. The Morgan fingerprint density at radius 1 is 0.810 bits per heavy atom. The number of para-hydroxylation sites is 2. The van der Waals surface area contributed by atoms with Crippen LogP contribution < -0.4 is 9.80 Å². The van der Waals surface area contributed by atoms with Gasteiger partial charge in [0.1, 0.15) is 5.75 Å². The maximum atomic E-state index is 14.4. The molecule has 0 bridgehead atoms. The Balaban J connectivity index is 1.38. The molecule has 2 heterocycles. The van der Waals surface area contributed by atoms with Crippen LogP contribution in [0, 0.1) is 39.6 Å². The molecular formula is C34H29IN2O5. The smallest absolute Gasteiger partial charge is 0.241 e. The highest BCUT2D eigenvalue weighted by molar-refractivity contribution is 14.1. The number of hydrogen-bond acceptors (Lipinski definition) is 5. The molecule has 2 saturated heterocycles. The summed E-state index contributed by atoms with van der Waals surface area (Å²) >= 11 is 2.18. The van der Waals surface area contributed by atoms with E-state index in [9.17, 15) is 24.3 Å². The van der Waals surface area contributed by atoms with Gasteiger partial charge in [0.05, 0.1) is 34.5 Å². The predicted molar refractivity (Wildman–Crippen MR) is 166 cm³/mol. The lowest BCUT2D eigenvalue weighted by atomic mass is 9.51. The summed E-state index contributed by atoms with van der Waals surface area (Å²) in [6, 6.07) is 21.7. The third-order valence-corrected chi connectivity index (χ3v) is 10.7. The highest BCUT2D eigenvalue weighted by Gasteiger charge is 2.68. The summed E-state index contributed by atoms with van der Waals surface area (Å²) in [5, 5.41) is 11.3. The third-order valence-electron chi connectivity index (χ3n) is 9.95. The Hall–Kier alpha value is -3.79. The fourth-order valence-electron chi connectivity index (χ4n) is 7.94. The molecule has 4 aliphatic rings. The lowest BCUT2D eigenvalue weighted by molar-refractivity contribution is -0.131. The minimum atomic E-state index is -1.19. The Labute approximate surface area is 257 Å². The van der Waals surface area contributed by atoms with E-state index in [0.717, 1.165) is 9.14 Å². The first-order chi connectivity index (χ1) is 20.1. The second kappa shape index (κ2) is 9.62. The molecule has 3 fully saturated rings. The SMILES string of the molecule is Cc1cccc(C2C3=CCC4C(=O)N(c5ccc(I)cc5)C(=O)C4C3CC3C(=O)N(c4ccccc4)C(=O)C32C)c1O. The lowest BCUT2D eigenvalue weighted by Crippen LogP contribution is -2.49. The summed E-state index contributed by atoms with van der Waals surface area (Å²) in [7, 11) is 0. The molecule has 7 nitrogen and oxygen atoms in total. The van der Waals surface area contributed by atoms with E-state index in [4.69, 9.17) is 0 Å². The number of phenolic OH excluding ortho intramolecular Hbond substituents is 1. The fraction of sp³-hybridized carbons (Fsp3) is 0.294. The van der Waals surface area contributed by atoms with E-state index in [2.05, 4.69) is 22.6 Å². The zero-order valence-electron chi connectivity index (χ0n) is 23.2. The van der Waals surface area contributed by atoms with Crippen LogP contribution in [0.5, 0.6) is 5.75 Å². The molecule has 0 spiro atoms. The number of phenols is 1. The molecule has 1 N–H and O–H groups in total. The number of imide groups is 2. The first kappa shape index (κ1) is 27.1. The number of amides is 4. The highest BCUT2D eigenvalue weighted by atomic mass is 127. The van der Waals surface area contributed by atoms with Crippen molar-refractivity contribution in [1.82, 2.24) is 0 Å². The number of fused-ring (bicyclic) bond motifs is 4. The summed E-state index contributed by atoms with van der Waals surface area (Å²) in [5.41, 5.74) is 1.95. The van der Waals surface area contributed by atoms with Gasteiger partial charge in [0.2, 0.25) is 23.6 Å². The van der Waals surface area contributed by atoms with Gasteiger partial charge in [0.25, 0.3) is 0 Å². The Bertz CT molecular complexity index is 1700. The number of rotatable bonds is 3. The summed E-state index contributed by atoms with van der Waals surface area (Å²) in [4.78, 5) is 59.0. The molecule has 6 atom stereocenters. The van der Waals surface area contributed by atoms with Gasteiger partial charge in [-0.25, -0.2) is 4.90 Å². The van der Waals surface area contributed by atoms with Crippen molar-refractivity contribution in [3.8, 4) is 5.75 Å². The van der Waals surface area contributed by atoms with E-state index in [1.807, 2.05) is 43.3 Å². The average Bonchev–Trinajstić information content (AvgIpc) is 3.35. The molecule has 3 aromatic rings. The molecule has 3 aromatic carbocycles. The van der Waals surface area contributed by atoms with Crippen LogP contribution >= 0.6 is 22.6 Å². The standard InChI is InChI=1S/C34H29IN2O5/c1-18-7-6-10-24(29(18)38)28-22-15-16-23-27(32(41)36(30(23)39)21-13-11-19(35)12-14-21)25(22)17-26-31(40)37(33(42)34(26,28)2)20-8-4-3-5-9-20/h3-15,23,25-28,38H,16-17H2,1-2H3. The Morgan fingerprint density at radius 3 is 2.21 bits per heavy atom. The number of hydrogen-bond donors (Lipinski definition) is 1. The first-order valence-electron chi connectivity index (χ1n) is 14.2. The number of anilines is 2. The van der Waals surface area contributed by atoms with Gasteiger partial charge in [-0.15, -0.1) is 0 Å². The molecular weight excluding hydrogens is 643 g/mol. The average molecular weight is 673 g/mol. The van der Waals surface area contributed by atoms with Crippen LogP contribution in [0.15, 0.2) is 84.4 Å². The van der Waals surface area contributed by atoms with Gasteiger partial charge < -0.3 is 5.11 Å². The summed E-state index contributed by atoms with van der Waals surface area (Å²) in [5.74, 6) is -4.02. The number of benzene rings is 3. The molecule has 2 aliphatic carbocycles. The second-order valence-corrected chi connectivity index (χ2v) is 13.2. The molecule has 2 aliphatic heterocycles. The highest BCUT2D eigenvalue weighted by Crippen LogP contribution is 2.64. The predicted octanol–water partition coefficient (Wildman–Crippen LogP) is 5.74. The quantitative estimate of drug-likeness (QED) is 0.218. The lowest BCUT2D eigenvalue weighted by Gasteiger charge is -2.49. The zero-order chi connectivity index (χ0) is 29.5. The molecule has 6 unspecified atom stereocenters. The first-order valence-corrected chi connectivity index (χ1v) is 15.3. The van der Waals surface area contributed by atoms with E-state index in [0.29, 0.717) is 28.9 Å². The number of aromatic hydroxyl groups is 1. The van der Waals surface area contributed by atoms with Gasteiger partial charge in [-0.3, -0.25) is 24.1 Å².